The van der Waals surface area contributed by atoms with E-state index in [2.05, 4.69) is 48.0 Å². The van der Waals surface area contributed by atoms with Gasteiger partial charge in [0.1, 0.15) is 5.82 Å². The van der Waals surface area contributed by atoms with Crippen LogP contribution in [-0.2, 0) is 12.8 Å². The summed E-state index contributed by atoms with van der Waals surface area (Å²) in [6.45, 7) is 2.15. The van der Waals surface area contributed by atoms with Gasteiger partial charge < -0.3 is 5.73 Å². The molecule has 1 heterocycles. The third-order valence-corrected chi connectivity index (χ3v) is 3.81. The van der Waals surface area contributed by atoms with Crippen molar-refractivity contribution in [2.75, 3.05) is 5.73 Å². The van der Waals surface area contributed by atoms with Crippen LogP contribution >= 0.6 is 0 Å². The van der Waals surface area contributed by atoms with Crippen LogP contribution in [0.4, 0.5) is 10.2 Å². The van der Waals surface area contributed by atoms with Gasteiger partial charge in [0.15, 0.2) is 0 Å². The summed E-state index contributed by atoms with van der Waals surface area (Å²) in [5.41, 5.74) is 10.8. The molecule has 0 bridgehead atoms. The molecule has 1 aromatic carbocycles. The minimum Gasteiger partial charge on any atom is -0.384 e. The van der Waals surface area contributed by atoms with E-state index in [9.17, 15) is 4.39 Å². The number of aromatic nitrogens is 1. The molecule has 0 fully saturated rings. The van der Waals surface area contributed by atoms with Crippen molar-refractivity contribution >= 4 is 11.9 Å². The third-order valence-electron chi connectivity index (χ3n) is 3.81. The van der Waals surface area contributed by atoms with E-state index in [1.165, 1.54) is 34.4 Å². The summed E-state index contributed by atoms with van der Waals surface area (Å²) in [5.74, 6) is 5.12. The molecule has 0 radical (unpaired) electrons. The SMILES string of the molecule is CCc1ccc2c(c1)C=C(/C=C/C#Cc1ccc(N)nc1F)C2. The van der Waals surface area contributed by atoms with E-state index in [0.717, 1.165) is 12.8 Å². The molecule has 114 valence electrons. The zero-order valence-corrected chi connectivity index (χ0v) is 12.9. The number of benzene rings is 1. The van der Waals surface area contributed by atoms with Crippen molar-refractivity contribution < 1.29 is 4.39 Å². The second kappa shape index (κ2) is 6.50. The number of fused-ring (bicyclic) bond motifs is 1. The number of hydrogen-bond acceptors (Lipinski definition) is 2. The molecule has 0 aliphatic heterocycles. The summed E-state index contributed by atoms with van der Waals surface area (Å²) >= 11 is 0. The van der Waals surface area contributed by atoms with E-state index in [1.54, 1.807) is 6.08 Å². The van der Waals surface area contributed by atoms with Gasteiger partial charge in [-0.15, -0.1) is 0 Å². The Kier molecular flexibility index (Phi) is 4.25. The van der Waals surface area contributed by atoms with Gasteiger partial charge in [0.05, 0.1) is 5.56 Å². The molecule has 1 aromatic heterocycles. The van der Waals surface area contributed by atoms with Crippen molar-refractivity contribution in [1.29, 1.82) is 0 Å². The van der Waals surface area contributed by atoms with E-state index in [-0.39, 0.29) is 11.4 Å². The Morgan fingerprint density at radius 1 is 1.30 bits per heavy atom. The first-order valence-electron chi connectivity index (χ1n) is 7.58. The number of halogens is 1. The van der Waals surface area contributed by atoms with Crippen LogP contribution in [0.3, 0.4) is 0 Å². The van der Waals surface area contributed by atoms with E-state index in [0.29, 0.717) is 0 Å². The van der Waals surface area contributed by atoms with Gasteiger partial charge in [-0.05, 0) is 53.3 Å². The number of hydrogen-bond donors (Lipinski definition) is 1. The standard InChI is InChI=1S/C20H17FN2/c1-2-14-7-8-17-12-15(13-18(17)11-14)5-3-4-6-16-9-10-19(22)23-20(16)21/h3,5,7-11,13H,2,12H2,1H3,(H2,22,23)/b5-3+. The van der Waals surface area contributed by atoms with E-state index in [4.69, 9.17) is 5.73 Å². The highest BCUT2D eigenvalue weighted by molar-refractivity contribution is 5.67. The lowest BCUT2D eigenvalue weighted by Crippen LogP contribution is -1.94. The van der Waals surface area contributed by atoms with E-state index in [1.807, 2.05) is 6.08 Å². The monoisotopic (exact) mass is 304 g/mol. The molecular formula is C20H17FN2. The fourth-order valence-electron chi connectivity index (χ4n) is 2.55. The van der Waals surface area contributed by atoms with Crippen molar-refractivity contribution in [3.8, 4) is 11.8 Å². The number of nitrogen functional groups attached to an aromatic ring is 1. The smallest absolute Gasteiger partial charge is 0.230 e. The zero-order valence-electron chi connectivity index (χ0n) is 12.9. The number of anilines is 1. The average molecular weight is 304 g/mol. The van der Waals surface area contributed by atoms with E-state index >= 15 is 0 Å². The Bertz CT molecular complexity index is 867. The van der Waals surface area contributed by atoms with Crippen LogP contribution in [0.2, 0.25) is 0 Å². The number of rotatable bonds is 2. The Morgan fingerprint density at radius 2 is 2.17 bits per heavy atom. The highest BCUT2D eigenvalue weighted by Gasteiger charge is 2.10. The molecule has 1 aliphatic carbocycles. The van der Waals surface area contributed by atoms with Crippen LogP contribution in [0.25, 0.3) is 6.08 Å². The molecule has 3 heteroatoms. The summed E-state index contributed by atoms with van der Waals surface area (Å²) in [6.07, 6.45) is 7.85. The van der Waals surface area contributed by atoms with Crippen LogP contribution in [-0.4, -0.2) is 4.98 Å². The largest absolute Gasteiger partial charge is 0.384 e. The predicted molar refractivity (Wildman–Crippen MR) is 92.1 cm³/mol. The first-order chi connectivity index (χ1) is 11.2. The van der Waals surface area contributed by atoms with Gasteiger partial charge in [-0.2, -0.15) is 4.39 Å². The molecule has 0 unspecified atom stereocenters. The highest BCUT2D eigenvalue weighted by atomic mass is 19.1. The van der Waals surface area contributed by atoms with Gasteiger partial charge >= 0.3 is 0 Å². The maximum absolute atomic E-state index is 13.5. The molecule has 2 aromatic rings. The molecular weight excluding hydrogens is 287 g/mol. The lowest BCUT2D eigenvalue weighted by Gasteiger charge is -2.00. The molecule has 0 saturated heterocycles. The van der Waals surface area contributed by atoms with Gasteiger partial charge in [-0.25, -0.2) is 4.98 Å². The van der Waals surface area contributed by atoms with E-state index < -0.39 is 5.95 Å². The van der Waals surface area contributed by atoms with Gasteiger partial charge in [0, 0.05) is 0 Å². The first-order valence-corrected chi connectivity index (χ1v) is 7.58. The molecule has 1 aliphatic rings. The maximum atomic E-state index is 13.5. The van der Waals surface area contributed by atoms with Crippen molar-refractivity contribution in [1.82, 2.24) is 4.98 Å². The van der Waals surface area contributed by atoms with Crippen molar-refractivity contribution in [3.05, 3.63) is 76.3 Å². The summed E-state index contributed by atoms with van der Waals surface area (Å²) in [5, 5.41) is 0. The maximum Gasteiger partial charge on any atom is 0.230 e. The quantitative estimate of drug-likeness (QED) is 0.675. The summed E-state index contributed by atoms with van der Waals surface area (Å²) in [4.78, 5) is 3.55. The normalized spacial score (nSPS) is 12.7. The lowest BCUT2D eigenvalue weighted by atomic mass is 10.0. The van der Waals surface area contributed by atoms with Gasteiger partial charge in [-0.3, -0.25) is 0 Å². The van der Waals surface area contributed by atoms with Gasteiger partial charge in [0.2, 0.25) is 5.95 Å². The number of nitrogens with two attached hydrogens (primary N) is 1. The molecule has 0 spiro atoms. The predicted octanol–water partition coefficient (Wildman–Crippen LogP) is 3.91. The molecule has 2 nitrogen and oxygen atoms in total. The fraction of sp³-hybridized carbons (Fsp3) is 0.150. The number of pyridine rings is 1. The molecule has 0 atom stereocenters. The molecule has 23 heavy (non-hydrogen) atoms. The summed E-state index contributed by atoms with van der Waals surface area (Å²) in [7, 11) is 0. The minimum absolute atomic E-state index is 0.156. The fourth-order valence-corrected chi connectivity index (χ4v) is 2.55. The Balaban J connectivity index is 1.72. The van der Waals surface area contributed by atoms with Gasteiger partial charge in [0.25, 0.3) is 0 Å². The second-order valence-electron chi connectivity index (χ2n) is 5.46. The zero-order chi connectivity index (χ0) is 16.2. The summed E-state index contributed by atoms with van der Waals surface area (Å²) in [6, 6.07) is 9.67. The van der Waals surface area contributed by atoms with Crippen LogP contribution in [0.1, 0.15) is 29.2 Å². The van der Waals surface area contributed by atoms with Crippen molar-refractivity contribution in [3.63, 3.8) is 0 Å². The Labute approximate surface area is 135 Å². The Morgan fingerprint density at radius 3 is 2.96 bits per heavy atom. The number of allylic oxidation sites excluding steroid dienone is 3. The first kappa shape index (κ1) is 15.1. The topological polar surface area (TPSA) is 38.9 Å². The molecule has 0 saturated carbocycles. The Hall–Kier alpha value is -2.86. The molecule has 3 rings (SSSR count). The highest BCUT2D eigenvalue weighted by Crippen LogP contribution is 2.26. The number of nitrogens with zero attached hydrogens (tertiary/aromatic N) is 1. The minimum atomic E-state index is -0.634. The summed E-state index contributed by atoms with van der Waals surface area (Å²) < 4.78 is 13.5. The molecule has 0 amide bonds. The van der Waals surface area contributed by atoms with Crippen molar-refractivity contribution in [2.24, 2.45) is 0 Å². The lowest BCUT2D eigenvalue weighted by molar-refractivity contribution is 0.582. The van der Waals surface area contributed by atoms with Crippen LogP contribution in [0.15, 0.2) is 48.1 Å². The van der Waals surface area contributed by atoms with Crippen LogP contribution in [0.5, 0.6) is 0 Å². The van der Waals surface area contributed by atoms with Gasteiger partial charge in [-0.1, -0.05) is 49.1 Å². The van der Waals surface area contributed by atoms with Crippen molar-refractivity contribution in [2.45, 2.75) is 19.8 Å². The average Bonchev–Trinajstić information content (AvgIpc) is 2.94. The molecule has 2 N–H and O–H groups in total. The second-order valence-corrected chi connectivity index (χ2v) is 5.46. The third kappa shape index (κ3) is 3.49. The number of aryl methyl sites for hydroxylation is 1. The van der Waals surface area contributed by atoms with Crippen LogP contribution < -0.4 is 5.73 Å². The van der Waals surface area contributed by atoms with Crippen LogP contribution in [0, 0.1) is 17.8 Å².